The predicted octanol–water partition coefficient (Wildman–Crippen LogP) is 2.36. The maximum atomic E-state index is 13.1. The summed E-state index contributed by atoms with van der Waals surface area (Å²) in [6.07, 6.45) is 0.885. The molecule has 1 heterocycles. The Kier molecular flexibility index (Phi) is 3.76. The van der Waals surface area contributed by atoms with E-state index in [0.29, 0.717) is 16.8 Å². The summed E-state index contributed by atoms with van der Waals surface area (Å²) in [6.45, 7) is 2.77. The topological polar surface area (TPSA) is 49.8 Å². The first-order chi connectivity index (χ1) is 8.61. The van der Waals surface area contributed by atoms with Crippen molar-refractivity contribution in [2.45, 2.75) is 19.9 Å². The first-order valence-corrected chi connectivity index (χ1v) is 6.17. The molecule has 0 saturated heterocycles. The Bertz CT molecular complexity index is 632. The van der Waals surface area contributed by atoms with E-state index >= 15 is 0 Å². The molecule has 1 aromatic carbocycles. The van der Waals surface area contributed by atoms with E-state index in [1.807, 2.05) is 6.92 Å². The molecule has 0 bridgehead atoms. The van der Waals surface area contributed by atoms with Gasteiger partial charge in [0.05, 0.1) is 11.0 Å². The Morgan fingerprint density at radius 2 is 2.33 bits per heavy atom. The number of aromatic nitrogens is 2. The number of H-pyrrole nitrogens is 1. The van der Waals surface area contributed by atoms with Gasteiger partial charge in [-0.2, -0.15) is 0 Å². The van der Waals surface area contributed by atoms with Gasteiger partial charge in [0, 0.05) is 6.54 Å². The minimum Gasteiger partial charge on any atom is -0.355 e. The van der Waals surface area contributed by atoms with Crippen molar-refractivity contribution in [3.63, 3.8) is 0 Å². The van der Waals surface area contributed by atoms with Gasteiger partial charge in [0.15, 0.2) is 4.77 Å². The minimum absolute atomic E-state index is 0.0989. The van der Waals surface area contributed by atoms with Crippen LogP contribution >= 0.6 is 12.2 Å². The molecule has 2 aromatic rings. The fraction of sp³-hybridized carbons (Fsp3) is 0.333. The maximum absolute atomic E-state index is 13.1. The van der Waals surface area contributed by atoms with Crippen molar-refractivity contribution >= 4 is 29.2 Å². The highest BCUT2D eigenvalue weighted by atomic mass is 32.1. The number of carbonyl (C=O) groups is 1. The number of imidazole rings is 1. The monoisotopic (exact) mass is 267 g/mol. The van der Waals surface area contributed by atoms with Crippen LogP contribution in [0.5, 0.6) is 0 Å². The van der Waals surface area contributed by atoms with Gasteiger partial charge in [-0.1, -0.05) is 6.92 Å². The number of halogens is 1. The van der Waals surface area contributed by atoms with Crippen LogP contribution in [0.25, 0.3) is 11.0 Å². The third-order valence-electron chi connectivity index (χ3n) is 2.61. The normalized spacial score (nSPS) is 10.8. The number of carbonyl (C=O) groups excluding carboxylic acids is 1. The van der Waals surface area contributed by atoms with Crippen molar-refractivity contribution in [2.24, 2.45) is 0 Å². The van der Waals surface area contributed by atoms with Gasteiger partial charge in [0.2, 0.25) is 5.91 Å². The standard InChI is InChI=1S/C12H14FN3OS/c1-2-5-14-11(17)7-16-10-4-3-8(13)6-9(10)15-12(16)18/h3-4,6H,2,5,7H2,1H3,(H,14,17)(H,15,18). The van der Waals surface area contributed by atoms with E-state index in [0.717, 1.165) is 11.9 Å². The highest BCUT2D eigenvalue weighted by Crippen LogP contribution is 2.15. The van der Waals surface area contributed by atoms with E-state index in [9.17, 15) is 9.18 Å². The first-order valence-electron chi connectivity index (χ1n) is 5.76. The predicted molar refractivity (Wildman–Crippen MR) is 70.4 cm³/mol. The zero-order valence-corrected chi connectivity index (χ0v) is 10.8. The summed E-state index contributed by atoms with van der Waals surface area (Å²) < 4.78 is 15.1. The molecule has 1 amide bonds. The molecule has 1 aromatic heterocycles. The lowest BCUT2D eigenvalue weighted by Gasteiger charge is -2.05. The molecule has 96 valence electrons. The molecular formula is C12H14FN3OS. The number of nitrogens with zero attached hydrogens (tertiary/aromatic N) is 1. The van der Waals surface area contributed by atoms with Crippen LogP contribution in [0.3, 0.4) is 0 Å². The molecule has 0 unspecified atom stereocenters. The number of hydrogen-bond acceptors (Lipinski definition) is 2. The molecule has 0 aliphatic heterocycles. The van der Waals surface area contributed by atoms with Gasteiger partial charge < -0.3 is 14.9 Å². The SMILES string of the molecule is CCCNC(=O)Cn1c(=S)[nH]c2cc(F)ccc21. The summed E-state index contributed by atoms with van der Waals surface area (Å²) in [5.74, 6) is -0.431. The van der Waals surface area contributed by atoms with Gasteiger partial charge in [-0.15, -0.1) is 0 Å². The smallest absolute Gasteiger partial charge is 0.240 e. The summed E-state index contributed by atoms with van der Waals surface area (Å²) in [5, 5.41) is 2.78. The highest BCUT2D eigenvalue weighted by Gasteiger charge is 2.08. The molecule has 0 radical (unpaired) electrons. The fourth-order valence-corrected chi connectivity index (χ4v) is 2.03. The number of benzene rings is 1. The van der Waals surface area contributed by atoms with Crippen molar-refractivity contribution in [3.8, 4) is 0 Å². The van der Waals surface area contributed by atoms with Crippen LogP contribution in [-0.4, -0.2) is 22.0 Å². The lowest BCUT2D eigenvalue weighted by molar-refractivity contribution is -0.121. The van der Waals surface area contributed by atoms with Crippen LogP contribution in [0.2, 0.25) is 0 Å². The largest absolute Gasteiger partial charge is 0.355 e. The van der Waals surface area contributed by atoms with Gasteiger partial charge in [0.25, 0.3) is 0 Å². The summed E-state index contributed by atoms with van der Waals surface area (Å²) >= 11 is 5.13. The lowest BCUT2D eigenvalue weighted by Crippen LogP contribution is -2.28. The molecule has 18 heavy (non-hydrogen) atoms. The van der Waals surface area contributed by atoms with E-state index < -0.39 is 0 Å². The Hall–Kier alpha value is -1.69. The van der Waals surface area contributed by atoms with Gasteiger partial charge in [-0.25, -0.2) is 4.39 Å². The molecule has 4 nitrogen and oxygen atoms in total. The zero-order valence-electron chi connectivity index (χ0n) is 10.00. The van der Waals surface area contributed by atoms with Crippen LogP contribution in [0.1, 0.15) is 13.3 Å². The fourth-order valence-electron chi connectivity index (χ4n) is 1.76. The van der Waals surface area contributed by atoms with Crippen molar-refractivity contribution in [3.05, 3.63) is 28.8 Å². The van der Waals surface area contributed by atoms with Crippen molar-refractivity contribution in [1.82, 2.24) is 14.9 Å². The second kappa shape index (κ2) is 5.30. The van der Waals surface area contributed by atoms with E-state index in [1.54, 1.807) is 10.6 Å². The van der Waals surface area contributed by atoms with Crippen LogP contribution in [0.15, 0.2) is 18.2 Å². The number of fused-ring (bicyclic) bond motifs is 1. The number of rotatable bonds is 4. The van der Waals surface area contributed by atoms with E-state index in [-0.39, 0.29) is 18.3 Å². The summed E-state index contributed by atoms with van der Waals surface area (Å²) in [5.41, 5.74) is 1.33. The van der Waals surface area contributed by atoms with Crippen molar-refractivity contribution in [1.29, 1.82) is 0 Å². The van der Waals surface area contributed by atoms with Gasteiger partial charge in [-0.05, 0) is 36.8 Å². The van der Waals surface area contributed by atoms with E-state index in [2.05, 4.69) is 10.3 Å². The molecule has 0 aliphatic carbocycles. The molecule has 0 spiro atoms. The minimum atomic E-state index is -0.332. The Morgan fingerprint density at radius 3 is 3.06 bits per heavy atom. The second-order valence-electron chi connectivity index (χ2n) is 4.03. The van der Waals surface area contributed by atoms with Crippen molar-refractivity contribution < 1.29 is 9.18 Å². The Morgan fingerprint density at radius 1 is 1.56 bits per heavy atom. The second-order valence-corrected chi connectivity index (χ2v) is 4.41. The van der Waals surface area contributed by atoms with Crippen LogP contribution in [-0.2, 0) is 11.3 Å². The summed E-state index contributed by atoms with van der Waals surface area (Å²) in [6, 6.07) is 4.33. The van der Waals surface area contributed by atoms with Crippen molar-refractivity contribution in [2.75, 3.05) is 6.54 Å². The summed E-state index contributed by atoms with van der Waals surface area (Å²) in [4.78, 5) is 14.6. The first kappa shape index (κ1) is 12.8. The third kappa shape index (κ3) is 2.59. The van der Waals surface area contributed by atoms with Gasteiger partial charge in [0.1, 0.15) is 12.4 Å². The van der Waals surface area contributed by atoms with E-state index in [1.165, 1.54) is 12.1 Å². The number of nitrogens with one attached hydrogen (secondary N) is 2. The average molecular weight is 267 g/mol. The van der Waals surface area contributed by atoms with Crippen LogP contribution in [0, 0.1) is 10.6 Å². The quantitative estimate of drug-likeness (QED) is 0.836. The van der Waals surface area contributed by atoms with Gasteiger partial charge in [-0.3, -0.25) is 4.79 Å². The summed E-state index contributed by atoms with van der Waals surface area (Å²) in [7, 11) is 0. The zero-order chi connectivity index (χ0) is 13.1. The van der Waals surface area contributed by atoms with Crippen LogP contribution < -0.4 is 5.32 Å². The molecule has 6 heteroatoms. The molecular weight excluding hydrogens is 253 g/mol. The molecule has 0 fully saturated rings. The Labute approximate surface area is 109 Å². The average Bonchev–Trinajstić information content (AvgIpc) is 2.62. The number of amides is 1. The maximum Gasteiger partial charge on any atom is 0.240 e. The van der Waals surface area contributed by atoms with E-state index in [4.69, 9.17) is 12.2 Å². The van der Waals surface area contributed by atoms with Gasteiger partial charge >= 0.3 is 0 Å². The highest BCUT2D eigenvalue weighted by molar-refractivity contribution is 7.71. The van der Waals surface area contributed by atoms with Crippen LogP contribution in [0.4, 0.5) is 4.39 Å². The molecule has 2 N–H and O–H groups in total. The molecule has 0 aliphatic rings. The third-order valence-corrected chi connectivity index (χ3v) is 2.93. The molecule has 0 atom stereocenters. The number of aromatic amines is 1. The lowest BCUT2D eigenvalue weighted by atomic mass is 10.3. The molecule has 2 rings (SSSR count). The molecule has 0 saturated carbocycles. The number of hydrogen-bond donors (Lipinski definition) is 2. The Balaban J connectivity index is 2.30.